The van der Waals surface area contributed by atoms with E-state index in [1.807, 2.05) is 30.6 Å². The predicted octanol–water partition coefficient (Wildman–Crippen LogP) is 2.69. The fourth-order valence-corrected chi connectivity index (χ4v) is 4.08. The molecule has 1 aromatic carbocycles. The lowest BCUT2D eigenvalue weighted by Crippen LogP contribution is -2.29. The van der Waals surface area contributed by atoms with E-state index < -0.39 is 0 Å². The summed E-state index contributed by atoms with van der Waals surface area (Å²) < 4.78 is 2.19. The summed E-state index contributed by atoms with van der Waals surface area (Å²) in [6.07, 6.45) is 7.00. The number of nitrogens with one attached hydrogen (secondary N) is 3. The molecule has 5 rings (SSSR count). The molecule has 0 saturated carbocycles. The molecule has 0 bridgehead atoms. The highest BCUT2D eigenvalue weighted by atomic mass is 15.1. The van der Waals surface area contributed by atoms with Crippen LogP contribution in [0.3, 0.4) is 0 Å². The molecular formula is C21H19N5+2. The Morgan fingerprint density at radius 2 is 2.04 bits per heavy atom. The zero-order valence-corrected chi connectivity index (χ0v) is 14.3. The van der Waals surface area contributed by atoms with Crippen molar-refractivity contribution in [2.45, 2.75) is 25.8 Å². The number of aromatic nitrogens is 3. The summed E-state index contributed by atoms with van der Waals surface area (Å²) in [6.45, 7) is 0.733. The first-order valence-corrected chi connectivity index (χ1v) is 8.96. The van der Waals surface area contributed by atoms with Crippen molar-refractivity contribution in [3.63, 3.8) is 0 Å². The number of fused-ring (bicyclic) bond motifs is 4. The SMILES string of the molecule is N#Cc1c2c(c(NCc3ccc[nH+]c3)[n+]3c1[nH]c1ccccc13)CCC2. The van der Waals surface area contributed by atoms with Crippen LogP contribution in [0, 0.1) is 11.3 Å². The van der Waals surface area contributed by atoms with Gasteiger partial charge in [-0.05, 0) is 43.0 Å². The van der Waals surface area contributed by atoms with Crippen LogP contribution in [0.2, 0.25) is 0 Å². The largest absolute Gasteiger partial charge is 0.301 e. The Hall–Kier alpha value is -3.39. The number of hydrogen-bond acceptors (Lipinski definition) is 2. The topological polar surface area (TPSA) is 69.8 Å². The van der Waals surface area contributed by atoms with E-state index >= 15 is 0 Å². The van der Waals surface area contributed by atoms with Crippen LogP contribution < -0.4 is 14.7 Å². The minimum absolute atomic E-state index is 0.733. The Morgan fingerprint density at radius 1 is 1.15 bits per heavy atom. The van der Waals surface area contributed by atoms with Crippen LogP contribution in [-0.4, -0.2) is 4.98 Å². The second-order valence-electron chi connectivity index (χ2n) is 6.74. The van der Waals surface area contributed by atoms with E-state index in [9.17, 15) is 5.26 Å². The van der Waals surface area contributed by atoms with Crippen LogP contribution in [0.4, 0.5) is 5.82 Å². The van der Waals surface area contributed by atoms with Crippen molar-refractivity contribution < 1.29 is 9.38 Å². The van der Waals surface area contributed by atoms with E-state index in [1.54, 1.807) is 0 Å². The van der Waals surface area contributed by atoms with Gasteiger partial charge in [0.1, 0.15) is 22.7 Å². The van der Waals surface area contributed by atoms with E-state index in [1.165, 1.54) is 16.7 Å². The van der Waals surface area contributed by atoms with Crippen LogP contribution in [0.25, 0.3) is 16.7 Å². The van der Waals surface area contributed by atoms with Crippen LogP contribution in [0.15, 0.2) is 48.8 Å². The van der Waals surface area contributed by atoms with E-state index in [4.69, 9.17) is 0 Å². The van der Waals surface area contributed by atoms with Crippen molar-refractivity contribution in [1.82, 2.24) is 4.98 Å². The van der Waals surface area contributed by atoms with Gasteiger partial charge in [0.15, 0.2) is 12.4 Å². The summed E-state index contributed by atoms with van der Waals surface area (Å²) in [5, 5.41) is 13.5. The van der Waals surface area contributed by atoms with Crippen LogP contribution in [-0.2, 0) is 19.4 Å². The molecule has 1 aliphatic carbocycles. The Bertz CT molecular complexity index is 1170. The average molecular weight is 341 g/mol. The van der Waals surface area contributed by atoms with Gasteiger partial charge in [-0.25, -0.2) is 4.98 Å². The highest BCUT2D eigenvalue weighted by molar-refractivity contribution is 5.78. The molecule has 5 nitrogen and oxygen atoms in total. The molecule has 3 heterocycles. The number of para-hydroxylation sites is 2. The van der Waals surface area contributed by atoms with Crippen LogP contribution in [0.1, 0.15) is 28.7 Å². The van der Waals surface area contributed by atoms with Crippen molar-refractivity contribution in [3.05, 3.63) is 71.0 Å². The van der Waals surface area contributed by atoms with Gasteiger partial charge in [0.05, 0.1) is 6.54 Å². The smallest absolute Gasteiger partial charge is 0.250 e. The minimum atomic E-state index is 0.733. The molecule has 0 unspecified atom stereocenters. The molecular weight excluding hydrogens is 322 g/mol. The lowest BCUT2D eigenvalue weighted by atomic mass is 10.1. The van der Waals surface area contributed by atoms with Gasteiger partial charge in [-0.15, -0.1) is 0 Å². The van der Waals surface area contributed by atoms with Gasteiger partial charge < -0.3 is 5.32 Å². The van der Waals surface area contributed by atoms with Gasteiger partial charge in [0.25, 0.3) is 0 Å². The maximum Gasteiger partial charge on any atom is 0.250 e. The standard InChI is InChI=1S/C21H17N5/c22-11-17-15-6-3-7-16(15)20(24-13-14-5-4-10-23-12-14)26-19-9-2-1-8-18(19)25-21(17)26/h1-2,4-5,8-10,12H,3,6-7,13H2,(H,24,25)/p+2. The maximum absolute atomic E-state index is 9.82. The second kappa shape index (κ2) is 5.85. The number of benzene rings is 1. The molecule has 126 valence electrons. The lowest BCUT2D eigenvalue weighted by Gasteiger charge is -2.10. The van der Waals surface area contributed by atoms with Crippen molar-refractivity contribution in [2.75, 3.05) is 5.32 Å². The molecule has 3 N–H and O–H groups in total. The molecule has 0 aliphatic heterocycles. The summed E-state index contributed by atoms with van der Waals surface area (Å²) in [5.74, 6) is 1.10. The molecule has 0 radical (unpaired) electrons. The quantitative estimate of drug-likeness (QED) is 0.563. The van der Waals surface area contributed by atoms with Crippen molar-refractivity contribution in [3.8, 4) is 6.07 Å². The van der Waals surface area contributed by atoms with Crippen LogP contribution >= 0.6 is 0 Å². The van der Waals surface area contributed by atoms with Gasteiger partial charge in [0, 0.05) is 17.2 Å². The Morgan fingerprint density at radius 3 is 2.88 bits per heavy atom. The Labute approximate surface area is 150 Å². The number of rotatable bonds is 3. The Kier molecular flexibility index (Phi) is 3.36. The molecule has 0 fully saturated rings. The fourth-order valence-electron chi connectivity index (χ4n) is 4.08. The lowest BCUT2D eigenvalue weighted by molar-refractivity contribution is -0.465. The summed E-state index contributed by atoms with van der Waals surface area (Å²) in [5.41, 5.74) is 7.48. The van der Waals surface area contributed by atoms with E-state index in [0.717, 1.165) is 53.9 Å². The first-order chi connectivity index (χ1) is 12.9. The predicted molar refractivity (Wildman–Crippen MR) is 98.5 cm³/mol. The summed E-state index contributed by atoms with van der Waals surface area (Å²) >= 11 is 0. The monoisotopic (exact) mass is 341 g/mol. The summed E-state index contributed by atoms with van der Waals surface area (Å²) in [6, 6.07) is 14.8. The van der Waals surface area contributed by atoms with E-state index in [2.05, 4.69) is 44.0 Å². The summed E-state index contributed by atoms with van der Waals surface area (Å²) in [7, 11) is 0. The molecule has 3 aromatic heterocycles. The fraction of sp³-hybridized carbons (Fsp3) is 0.190. The number of imidazole rings is 1. The van der Waals surface area contributed by atoms with Gasteiger partial charge in [-0.3, -0.25) is 4.98 Å². The third-order valence-corrected chi connectivity index (χ3v) is 5.23. The molecule has 1 aliphatic rings. The second-order valence-corrected chi connectivity index (χ2v) is 6.74. The Balaban J connectivity index is 1.77. The molecule has 5 heteroatoms. The number of H-pyrrole nitrogens is 2. The van der Waals surface area contributed by atoms with Gasteiger partial charge >= 0.3 is 0 Å². The van der Waals surface area contributed by atoms with Crippen molar-refractivity contribution in [2.24, 2.45) is 0 Å². The summed E-state index contributed by atoms with van der Waals surface area (Å²) in [4.78, 5) is 6.59. The number of anilines is 1. The zero-order valence-electron chi connectivity index (χ0n) is 14.3. The third kappa shape index (κ3) is 2.16. The van der Waals surface area contributed by atoms with E-state index in [-0.39, 0.29) is 0 Å². The molecule has 0 saturated heterocycles. The molecule has 0 atom stereocenters. The minimum Gasteiger partial charge on any atom is -0.301 e. The molecule has 4 aromatic rings. The number of hydrogen-bond donors (Lipinski definition) is 2. The number of aromatic amines is 2. The van der Waals surface area contributed by atoms with Crippen LogP contribution in [0.5, 0.6) is 0 Å². The highest BCUT2D eigenvalue weighted by Crippen LogP contribution is 2.32. The third-order valence-electron chi connectivity index (χ3n) is 5.23. The highest BCUT2D eigenvalue weighted by Gasteiger charge is 2.29. The first-order valence-electron chi connectivity index (χ1n) is 8.96. The maximum atomic E-state index is 9.82. The number of pyridine rings is 2. The van der Waals surface area contributed by atoms with Gasteiger partial charge in [-0.2, -0.15) is 9.66 Å². The first kappa shape index (κ1) is 14.9. The van der Waals surface area contributed by atoms with E-state index in [0.29, 0.717) is 0 Å². The van der Waals surface area contributed by atoms with Gasteiger partial charge in [-0.1, -0.05) is 12.1 Å². The zero-order chi connectivity index (χ0) is 17.5. The molecule has 0 spiro atoms. The number of nitriles is 1. The number of nitrogens with zero attached hydrogens (tertiary/aromatic N) is 2. The average Bonchev–Trinajstić information content (AvgIpc) is 3.31. The van der Waals surface area contributed by atoms with Crippen molar-refractivity contribution >= 4 is 22.5 Å². The van der Waals surface area contributed by atoms with Gasteiger partial charge in [0.2, 0.25) is 11.5 Å². The molecule has 0 amide bonds. The normalized spacial score (nSPS) is 13.0. The van der Waals surface area contributed by atoms with Crippen molar-refractivity contribution in [1.29, 1.82) is 5.26 Å². The molecule has 26 heavy (non-hydrogen) atoms.